The maximum atomic E-state index is 13.0. The van der Waals surface area contributed by atoms with Gasteiger partial charge in [-0.15, -0.1) is 0 Å². The van der Waals surface area contributed by atoms with Crippen LogP contribution < -0.4 is 49.7 Å². The van der Waals surface area contributed by atoms with Crippen LogP contribution in [0.4, 0.5) is 61.5 Å². The first-order valence-electron chi connectivity index (χ1n) is 17.2. The van der Waals surface area contributed by atoms with Gasteiger partial charge in [-0.3, -0.25) is 14.4 Å². The Hall–Kier alpha value is -3.43. The standard InChI is InChI=1S/C17H18F7NO4.C17H16F7NO4.CH4O.B.Na.H/c2*18-14(19)28-8-11(9-2-1-3-10(6-9)29-15(20)21)25-13(27)7-12(26)16(4-5-16)17(22,23)24;1-2;;;/h1-3,6,11-12,14-15,26H,4-5,7-8H2,(H,25,27);1-3,6,11,14-15H,4-5,7-8H2,(H,25,27);2H,1H3;;;/q;;;;+1;-1/t11-,12?;11-;;;;/m00..../s1. The fourth-order valence-corrected chi connectivity index (χ4v) is 5.57. The fourth-order valence-electron chi connectivity index (χ4n) is 5.57. The fraction of sp³-hybridized carbons (Fsp3) is 0.571. The van der Waals surface area contributed by atoms with Crippen LogP contribution in [0.25, 0.3) is 0 Å². The molecule has 0 saturated heterocycles. The number of hydrogen-bond donors (Lipinski definition) is 4. The predicted octanol–water partition coefficient (Wildman–Crippen LogP) is 4.11. The molecule has 2 aliphatic rings. The van der Waals surface area contributed by atoms with Gasteiger partial charge in [0.15, 0.2) is 5.78 Å². The van der Waals surface area contributed by atoms with Gasteiger partial charge in [0.2, 0.25) is 11.8 Å². The summed E-state index contributed by atoms with van der Waals surface area (Å²) in [6, 6.07) is 6.79. The van der Waals surface area contributed by atoms with E-state index in [-0.39, 0.29) is 74.9 Å². The molecule has 11 nitrogen and oxygen atoms in total. The third-order valence-corrected chi connectivity index (χ3v) is 8.94. The van der Waals surface area contributed by atoms with Gasteiger partial charge in [0.05, 0.1) is 49.7 Å². The maximum absolute atomic E-state index is 13.0. The van der Waals surface area contributed by atoms with E-state index in [1.54, 1.807) is 0 Å². The Morgan fingerprint density at radius 1 is 0.677 bits per heavy atom. The largest absolute Gasteiger partial charge is 1.00 e. The van der Waals surface area contributed by atoms with E-state index in [1.807, 2.05) is 0 Å². The summed E-state index contributed by atoms with van der Waals surface area (Å²) in [6.07, 6.45) is -15.0. The Morgan fingerprint density at radius 3 is 1.40 bits per heavy atom. The van der Waals surface area contributed by atoms with E-state index in [1.165, 1.54) is 24.3 Å². The average Bonchev–Trinajstić information content (AvgIpc) is 4.06. The quantitative estimate of drug-likeness (QED) is 0.0875. The molecule has 0 spiro atoms. The molecule has 2 aliphatic carbocycles. The van der Waals surface area contributed by atoms with Crippen molar-refractivity contribution in [3.05, 3.63) is 59.7 Å². The van der Waals surface area contributed by atoms with E-state index in [0.717, 1.165) is 31.4 Å². The topological polar surface area (TPSA) is 153 Å². The Kier molecular flexibility index (Phi) is 24.3. The molecule has 2 saturated carbocycles. The zero-order valence-corrected chi connectivity index (χ0v) is 34.4. The van der Waals surface area contributed by atoms with Gasteiger partial charge in [0, 0.05) is 15.5 Å². The first-order valence-corrected chi connectivity index (χ1v) is 17.2. The van der Waals surface area contributed by atoms with Crippen LogP contribution in [-0.2, 0) is 23.9 Å². The van der Waals surface area contributed by atoms with Crippen molar-refractivity contribution in [1.82, 2.24) is 10.6 Å². The minimum absolute atomic E-state index is 0. The number of carbonyl (C=O) groups excluding carboxylic acids is 3. The van der Waals surface area contributed by atoms with Crippen LogP contribution in [0.5, 0.6) is 11.5 Å². The monoisotopic (exact) mass is 931 g/mol. The van der Waals surface area contributed by atoms with Crippen LogP contribution in [0.3, 0.4) is 0 Å². The number of halogens is 14. The summed E-state index contributed by atoms with van der Waals surface area (Å²) in [5.74, 6) is -4.17. The first kappa shape index (κ1) is 58.6. The number of rotatable bonds is 20. The number of aliphatic hydroxyl groups is 2. The Balaban J connectivity index is 0. The van der Waals surface area contributed by atoms with Gasteiger partial charge in [-0.1, -0.05) is 24.3 Å². The number of amides is 2. The predicted molar refractivity (Wildman–Crippen MR) is 183 cm³/mol. The van der Waals surface area contributed by atoms with Crippen LogP contribution in [0.1, 0.15) is 63.2 Å². The second kappa shape index (κ2) is 25.8. The molecular formula is C35H39BF14N2NaO9. The molecule has 0 aliphatic heterocycles. The first-order chi connectivity index (χ1) is 27.9. The second-order valence-electron chi connectivity index (χ2n) is 12.9. The number of aliphatic hydroxyl groups excluding tert-OH is 2. The van der Waals surface area contributed by atoms with Gasteiger partial charge < -0.3 is 41.2 Å². The molecule has 4 rings (SSSR count). The normalized spacial score (nSPS) is 16.2. The van der Waals surface area contributed by atoms with Gasteiger partial charge in [0.1, 0.15) is 16.9 Å². The van der Waals surface area contributed by atoms with Crippen LogP contribution in [-0.4, -0.2) is 101 Å². The molecule has 0 bridgehead atoms. The third kappa shape index (κ3) is 18.0. The summed E-state index contributed by atoms with van der Waals surface area (Å²) >= 11 is 0. The number of ketones is 1. The Bertz CT molecular complexity index is 1700. The van der Waals surface area contributed by atoms with Gasteiger partial charge in [-0.2, -0.15) is 61.5 Å². The number of ether oxygens (including phenoxy) is 4. The zero-order valence-electron chi connectivity index (χ0n) is 33.4. The van der Waals surface area contributed by atoms with E-state index < -0.39 is 124 Å². The van der Waals surface area contributed by atoms with Gasteiger partial charge in [0.25, 0.3) is 0 Å². The summed E-state index contributed by atoms with van der Waals surface area (Å²) in [5, 5.41) is 21.2. The summed E-state index contributed by atoms with van der Waals surface area (Å²) < 4.78 is 193. The number of alkyl halides is 14. The minimum atomic E-state index is -4.79. The molecule has 0 aromatic heterocycles. The molecule has 3 atom stereocenters. The van der Waals surface area contributed by atoms with Gasteiger partial charge >= 0.3 is 68.4 Å². The van der Waals surface area contributed by atoms with E-state index in [4.69, 9.17) is 5.11 Å². The molecular weight excluding hydrogens is 892 g/mol. The van der Waals surface area contributed by atoms with Crippen LogP contribution in [0.2, 0.25) is 0 Å². The van der Waals surface area contributed by atoms with Crippen LogP contribution in [0, 0.1) is 10.8 Å². The molecule has 4 N–H and O–H groups in total. The minimum Gasteiger partial charge on any atom is -1.00 e. The molecule has 2 amide bonds. The molecule has 2 fully saturated rings. The summed E-state index contributed by atoms with van der Waals surface area (Å²) in [4.78, 5) is 36.1. The zero-order chi connectivity index (χ0) is 45.6. The van der Waals surface area contributed by atoms with Crippen LogP contribution >= 0.6 is 0 Å². The van der Waals surface area contributed by atoms with Crippen molar-refractivity contribution in [3.8, 4) is 11.5 Å². The molecule has 1 unspecified atom stereocenters. The summed E-state index contributed by atoms with van der Waals surface area (Å²) in [7, 11) is 1.00. The number of benzene rings is 2. The van der Waals surface area contributed by atoms with Crippen molar-refractivity contribution >= 4 is 26.0 Å². The number of nitrogens with one attached hydrogen (secondary N) is 2. The number of carbonyl (C=O) groups is 3. The van der Waals surface area contributed by atoms with Gasteiger partial charge in [-0.25, -0.2) is 0 Å². The Morgan fingerprint density at radius 2 is 1.08 bits per heavy atom. The van der Waals surface area contributed by atoms with E-state index >= 15 is 0 Å². The Labute approximate surface area is 369 Å². The molecule has 345 valence electrons. The van der Waals surface area contributed by atoms with Crippen molar-refractivity contribution in [2.24, 2.45) is 10.8 Å². The molecule has 27 heteroatoms. The average molecular weight is 931 g/mol. The summed E-state index contributed by atoms with van der Waals surface area (Å²) in [5.41, 5.74) is -4.85. The van der Waals surface area contributed by atoms with Crippen molar-refractivity contribution in [2.45, 2.75) is 95.5 Å². The maximum Gasteiger partial charge on any atom is 1.00 e. The van der Waals surface area contributed by atoms with E-state index in [0.29, 0.717) is 0 Å². The van der Waals surface area contributed by atoms with Crippen molar-refractivity contribution in [3.63, 3.8) is 0 Å². The summed E-state index contributed by atoms with van der Waals surface area (Å²) in [6.45, 7) is -14.4. The van der Waals surface area contributed by atoms with Crippen molar-refractivity contribution < 1.29 is 136 Å². The van der Waals surface area contributed by atoms with E-state index in [9.17, 15) is 81.0 Å². The van der Waals surface area contributed by atoms with Gasteiger partial charge in [-0.05, 0) is 61.1 Å². The second-order valence-corrected chi connectivity index (χ2v) is 12.9. The molecule has 2 aromatic carbocycles. The number of hydrogen-bond acceptors (Lipinski definition) is 9. The number of Topliss-reactive ketones (excluding diaryl/α,β-unsaturated/α-hetero) is 1. The third-order valence-electron chi connectivity index (χ3n) is 8.94. The van der Waals surface area contributed by atoms with Crippen molar-refractivity contribution in [2.75, 3.05) is 20.3 Å². The van der Waals surface area contributed by atoms with E-state index in [2.05, 4.69) is 29.6 Å². The SMILES string of the molecule is CO.O=C(CC(=O)C1(C(F)(F)F)CC1)N[C@@H](COC(F)F)c1cccc(OC(F)F)c1.O=C(CC(O)C1(C(F)(F)F)CC1)N[C@@H](COC(F)F)c1cccc(OC(F)F)c1.[B].[H-].[Na+]. The molecule has 62 heavy (non-hydrogen) atoms. The molecule has 0 heterocycles. The van der Waals surface area contributed by atoms with Crippen molar-refractivity contribution in [1.29, 1.82) is 0 Å². The smallest absolute Gasteiger partial charge is 1.00 e. The van der Waals surface area contributed by atoms with Crippen LogP contribution in [0.15, 0.2) is 48.5 Å². The molecule has 2 aromatic rings. The molecule has 3 radical (unpaired) electrons.